The molecule has 0 bridgehead atoms. The van der Waals surface area contributed by atoms with Crippen LogP contribution in [0.1, 0.15) is 26.3 Å². The summed E-state index contributed by atoms with van der Waals surface area (Å²) in [6, 6.07) is 9.23. The summed E-state index contributed by atoms with van der Waals surface area (Å²) >= 11 is 11.7. The van der Waals surface area contributed by atoms with Crippen LogP contribution in [0.4, 0.5) is 5.69 Å². The highest BCUT2D eigenvalue weighted by Crippen LogP contribution is 2.22. The Labute approximate surface area is 160 Å². The number of rotatable bonds is 5. The quantitative estimate of drug-likeness (QED) is 0.760. The van der Waals surface area contributed by atoms with Gasteiger partial charge in [-0.05, 0) is 42.8 Å². The third-order valence-electron chi connectivity index (χ3n) is 3.52. The van der Waals surface area contributed by atoms with Gasteiger partial charge < -0.3 is 15.4 Å². The molecule has 2 amide bonds. The smallest absolute Gasteiger partial charge is 0.337 e. The molecule has 0 saturated heterocycles. The number of halogens is 2. The number of aryl methyl sites for hydroxylation is 1. The number of hydrogen-bond donors (Lipinski definition) is 2. The number of hydrogen-bond acceptors (Lipinski definition) is 4. The maximum absolute atomic E-state index is 12.1. The molecule has 26 heavy (non-hydrogen) atoms. The second-order valence-electron chi connectivity index (χ2n) is 5.38. The Hall–Kier alpha value is -2.57. The summed E-state index contributed by atoms with van der Waals surface area (Å²) in [5.74, 6) is -1.41. The molecular weight excluding hydrogens is 379 g/mol. The van der Waals surface area contributed by atoms with E-state index in [0.717, 1.165) is 5.56 Å². The molecule has 2 rings (SSSR count). The molecule has 136 valence electrons. The van der Waals surface area contributed by atoms with Crippen LogP contribution < -0.4 is 10.6 Å². The van der Waals surface area contributed by atoms with Crippen LogP contribution >= 0.6 is 23.2 Å². The molecule has 0 radical (unpaired) electrons. The van der Waals surface area contributed by atoms with E-state index in [9.17, 15) is 14.4 Å². The van der Waals surface area contributed by atoms with Crippen LogP contribution in [0.5, 0.6) is 0 Å². The second-order valence-corrected chi connectivity index (χ2v) is 6.20. The van der Waals surface area contributed by atoms with Crippen LogP contribution in [0.3, 0.4) is 0 Å². The number of methoxy groups -OCH3 is 1. The lowest BCUT2D eigenvalue weighted by atomic mass is 10.1. The highest BCUT2D eigenvalue weighted by Gasteiger charge is 2.12. The SMILES string of the molecule is COC(=O)c1ccc(C)c(NC(=O)CNC(=O)c2ccc(Cl)c(Cl)c2)c1. The largest absolute Gasteiger partial charge is 0.465 e. The average Bonchev–Trinajstić information content (AvgIpc) is 2.63. The van der Waals surface area contributed by atoms with E-state index in [0.29, 0.717) is 16.3 Å². The van der Waals surface area contributed by atoms with Gasteiger partial charge >= 0.3 is 5.97 Å². The Morgan fingerprint density at radius 1 is 1.00 bits per heavy atom. The van der Waals surface area contributed by atoms with Gasteiger partial charge in [0, 0.05) is 11.3 Å². The minimum Gasteiger partial charge on any atom is -0.465 e. The van der Waals surface area contributed by atoms with Crippen molar-refractivity contribution >= 4 is 46.7 Å². The van der Waals surface area contributed by atoms with E-state index in [-0.39, 0.29) is 17.1 Å². The number of carbonyl (C=O) groups excluding carboxylic acids is 3. The molecule has 6 nitrogen and oxygen atoms in total. The fourth-order valence-electron chi connectivity index (χ4n) is 2.10. The predicted octanol–water partition coefficient (Wildman–Crippen LogP) is 3.46. The summed E-state index contributed by atoms with van der Waals surface area (Å²) in [6.07, 6.45) is 0. The lowest BCUT2D eigenvalue weighted by molar-refractivity contribution is -0.115. The number of nitrogens with one attached hydrogen (secondary N) is 2. The van der Waals surface area contributed by atoms with Gasteiger partial charge in [0.1, 0.15) is 0 Å². The van der Waals surface area contributed by atoms with Crippen molar-refractivity contribution in [3.8, 4) is 0 Å². The van der Waals surface area contributed by atoms with Gasteiger partial charge in [-0.2, -0.15) is 0 Å². The summed E-state index contributed by atoms with van der Waals surface area (Å²) in [5, 5.41) is 5.72. The van der Waals surface area contributed by atoms with E-state index in [2.05, 4.69) is 15.4 Å². The topological polar surface area (TPSA) is 84.5 Å². The zero-order valence-corrected chi connectivity index (χ0v) is 15.6. The minimum absolute atomic E-state index is 0.249. The number of anilines is 1. The maximum atomic E-state index is 12.1. The van der Waals surface area contributed by atoms with Gasteiger partial charge in [0.25, 0.3) is 5.91 Å². The zero-order valence-electron chi connectivity index (χ0n) is 14.1. The van der Waals surface area contributed by atoms with Crippen LogP contribution in [0.2, 0.25) is 10.0 Å². The van der Waals surface area contributed by atoms with Gasteiger partial charge in [-0.3, -0.25) is 9.59 Å². The van der Waals surface area contributed by atoms with Gasteiger partial charge in [0.05, 0.1) is 29.3 Å². The fraction of sp³-hybridized carbons (Fsp3) is 0.167. The van der Waals surface area contributed by atoms with E-state index >= 15 is 0 Å². The zero-order chi connectivity index (χ0) is 19.3. The lowest BCUT2D eigenvalue weighted by Crippen LogP contribution is -2.33. The number of carbonyl (C=O) groups is 3. The third kappa shape index (κ3) is 4.97. The van der Waals surface area contributed by atoms with Gasteiger partial charge in [-0.25, -0.2) is 4.79 Å². The average molecular weight is 395 g/mol. The second kappa shape index (κ2) is 8.69. The first-order valence-corrected chi connectivity index (χ1v) is 8.29. The first-order chi connectivity index (χ1) is 12.3. The Morgan fingerprint density at radius 2 is 1.69 bits per heavy atom. The fourth-order valence-corrected chi connectivity index (χ4v) is 2.39. The van der Waals surface area contributed by atoms with E-state index in [4.69, 9.17) is 23.2 Å². The molecule has 0 aromatic heterocycles. The summed E-state index contributed by atoms with van der Waals surface area (Å²) in [7, 11) is 1.28. The van der Waals surface area contributed by atoms with Crippen molar-refractivity contribution in [2.45, 2.75) is 6.92 Å². The standard InChI is InChI=1S/C18H16Cl2N2O4/c1-10-3-4-12(18(25)26-2)8-15(10)22-16(23)9-21-17(24)11-5-6-13(19)14(20)7-11/h3-8H,9H2,1-2H3,(H,21,24)(H,22,23). The molecule has 0 saturated carbocycles. The molecule has 2 aromatic rings. The monoisotopic (exact) mass is 394 g/mol. The predicted molar refractivity (Wildman–Crippen MR) is 99.9 cm³/mol. The molecule has 8 heteroatoms. The molecule has 0 aliphatic heterocycles. The highest BCUT2D eigenvalue weighted by atomic mass is 35.5. The summed E-state index contributed by atoms with van der Waals surface area (Å²) in [6.45, 7) is 1.53. The third-order valence-corrected chi connectivity index (χ3v) is 4.26. The van der Waals surface area contributed by atoms with Gasteiger partial charge in [-0.15, -0.1) is 0 Å². The molecular formula is C18H16Cl2N2O4. The van der Waals surface area contributed by atoms with Crippen LogP contribution in [-0.2, 0) is 9.53 Å². The maximum Gasteiger partial charge on any atom is 0.337 e. The van der Waals surface area contributed by atoms with Crippen molar-refractivity contribution in [1.82, 2.24) is 5.32 Å². The van der Waals surface area contributed by atoms with Crippen LogP contribution in [-0.4, -0.2) is 31.4 Å². The first-order valence-electron chi connectivity index (χ1n) is 7.54. The van der Waals surface area contributed by atoms with Crippen molar-refractivity contribution in [2.24, 2.45) is 0 Å². The van der Waals surface area contributed by atoms with Crippen molar-refractivity contribution in [1.29, 1.82) is 0 Å². The van der Waals surface area contributed by atoms with Crippen molar-refractivity contribution in [3.63, 3.8) is 0 Å². The van der Waals surface area contributed by atoms with E-state index in [1.807, 2.05) is 0 Å². The summed E-state index contributed by atoms with van der Waals surface area (Å²) < 4.78 is 4.65. The number of benzene rings is 2. The molecule has 2 aromatic carbocycles. The van der Waals surface area contributed by atoms with Crippen LogP contribution in [0.15, 0.2) is 36.4 Å². The van der Waals surface area contributed by atoms with Gasteiger partial charge in [0.2, 0.25) is 5.91 Å². The molecule has 0 fully saturated rings. The number of ether oxygens (including phenoxy) is 1. The molecule has 0 atom stereocenters. The van der Waals surface area contributed by atoms with Gasteiger partial charge in [0.15, 0.2) is 0 Å². The Kier molecular flexibility index (Phi) is 6.60. The van der Waals surface area contributed by atoms with E-state index < -0.39 is 17.8 Å². The first kappa shape index (κ1) is 19.8. The van der Waals surface area contributed by atoms with Crippen molar-refractivity contribution < 1.29 is 19.1 Å². The van der Waals surface area contributed by atoms with Crippen molar-refractivity contribution in [2.75, 3.05) is 19.0 Å². The Morgan fingerprint density at radius 3 is 2.35 bits per heavy atom. The molecule has 0 aliphatic carbocycles. The summed E-state index contributed by atoms with van der Waals surface area (Å²) in [5.41, 5.74) is 1.83. The highest BCUT2D eigenvalue weighted by molar-refractivity contribution is 6.42. The Bertz CT molecular complexity index is 868. The minimum atomic E-state index is -0.506. The molecule has 0 spiro atoms. The van der Waals surface area contributed by atoms with Crippen molar-refractivity contribution in [3.05, 3.63) is 63.1 Å². The molecule has 2 N–H and O–H groups in total. The Balaban J connectivity index is 1.99. The molecule has 0 aliphatic rings. The molecule has 0 heterocycles. The normalized spacial score (nSPS) is 10.2. The lowest BCUT2D eigenvalue weighted by Gasteiger charge is -2.11. The van der Waals surface area contributed by atoms with Crippen LogP contribution in [0.25, 0.3) is 0 Å². The summed E-state index contributed by atoms with van der Waals surface area (Å²) in [4.78, 5) is 35.7. The molecule has 0 unspecified atom stereocenters. The number of esters is 1. The van der Waals surface area contributed by atoms with E-state index in [1.165, 1.54) is 31.4 Å². The van der Waals surface area contributed by atoms with Crippen LogP contribution in [0, 0.1) is 6.92 Å². The van der Waals surface area contributed by atoms with E-state index in [1.54, 1.807) is 19.1 Å². The number of amides is 2. The van der Waals surface area contributed by atoms with Gasteiger partial charge in [-0.1, -0.05) is 29.3 Å².